The summed E-state index contributed by atoms with van der Waals surface area (Å²) in [7, 11) is 1.55. The number of ether oxygens (including phenoxy) is 1. The molecule has 1 aromatic carbocycles. The molecule has 0 saturated heterocycles. The number of hydrogen-bond acceptors (Lipinski definition) is 4. The number of hydrogen-bond donors (Lipinski definition) is 1. The average Bonchev–Trinajstić information content (AvgIpc) is 2.32. The molecule has 16 heavy (non-hydrogen) atoms. The van der Waals surface area contributed by atoms with Crippen LogP contribution in [-0.4, -0.2) is 17.1 Å². The molecule has 0 atom stereocenters. The van der Waals surface area contributed by atoms with Crippen LogP contribution in [0.25, 0.3) is 11.3 Å². The molecule has 1 aromatic heterocycles. The summed E-state index contributed by atoms with van der Waals surface area (Å²) in [4.78, 5) is 8.27. The van der Waals surface area contributed by atoms with Crippen molar-refractivity contribution >= 4 is 17.3 Å². The normalized spacial score (nSPS) is 10.1. The fourth-order valence-corrected chi connectivity index (χ4v) is 1.48. The van der Waals surface area contributed by atoms with E-state index < -0.39 is 0 Å². The highest BCUT2D eigenvalue weighted by molar-refractivity contribution is 6.33. The number of aromatic nitrogens is 2. The molecule has 4 nitrogen and oxygen atoms in total. The van der Waals surface area contributed by atoms with Gasteiger partial charge in [-0.15, -0.1) is 0 Å². The monoisotopic (exact) mass is 235 g/mol. The fourth-order valence-electron chi connectivity index (χ4n) is 1.36. The number of benzene rings is 1. The maximum atomic E-state index is 5.85. The van der Waals surface area contributed by atoms with Gasteiger partial charge in [-0.05, 0) is 12.1 Å². The lowest BCUT2D eigenvalue weighted by atomic mass is 10.1. The van der Waals surface area contributed by atoms with Crippen LogP contribution in [0.1, 0.15) is 0 Å². The maximum absolute atomic E-state index is 5.85. The second-order valence-electron chi connectivity index (χ2n) is 3.15. The van der Waals surface area contributed by atoms with E-state index in [1.165, 1.54) is 0 Å². The van der Waals surface area contributed by atoms with E-state index in [-0.39, 0.29) is 0 Å². The number of anilines is 1. The van der Waals surface area contributed by atoms with Crippen LogP contribution in [0, 0.1) is 0 Å². The van der Waals surface area contributed by atoms with E-state index in [9.17, 15) is 0 Å². The van der Waals surface area contributed by atoms with Crippen LogP contribution >= 0.6 is 11.6 Å². The number of nitrogen functional groups attached to an aromatic ring is 1. The quantitative estimate of drug-likeness (QED) is 0.812. The Morgan fingerprint density at radius 1 is 1.25 bits per heavy atom. The van der Waals surface area contributed by atoms with Gasteiger partial charge in [0.05, 0.1) is 17.8 Å². The lowest BCUT2D eigenvalue weighted by Crippen LogP contribution is -1.95. The van der Waals surface area contributed by atoms with Gasteiger partial charge in [-0.1, -0.05) is 17.7 Å². The van der Waals surface area contributed by atoms with Gasteiger partial charge >= 0.3 is 0 Å². The SMILES string of the molecule is COc1nccnc1-c1ccc(Cl)c(N)c1. The Balaban J connectivity index is 2.54. The number of nitrogens with two attached hydrogens (primary N) is 1. The molecule has 0 aliphatic heterocycles. The third-order valence-electron chi connectivity index (χ3n) is 2.13. The van der Waals surface area contributed by atoms with E-state index in [2.05, 4.69) is 9.97 Å². The van der Waals surface area contributed by atoms with Gasteiger partial charge in [-0.2, -0.15) is 0 Å². The lowest BCUT2D eigenvalue weighted by Gasteiger charge is -2.06. The molecule has 0 amide bonds. The van der Waals surface area contributed by atoms with Crippen molar-refractivity contribution in [2.75, 3.05) is 12.8 Å². The number of methoxy groups -OCH3 is 1. The number of halogens is 1. The van der Waals surface area contributed by atoms with Crippen molar-refractivity contribution in [2.24, 2.45) is 0 Å². The summed E-state index contributed by atoms with van der Waals surface area (Å²) in [5, 5.41) is 0.520. The van der Waals surface area contributed by atoms with Gasteiger partial charge in [-0.3, -0.25) is 0 Å². The van der Waals surface area contributed by atoms with Crippen molar-refractivity contribution in [3.8, 4) is 17.1 Å². The Morgan fingerprint density at radius 2 is 2.00 bits per heavy atom. The molecule has 1 heterocycles. The zero-order chi connectivity index (χ0) is 11.5. The predicted octanol–water partition coefficient (Wildman–Crippen LogP) is 2.39. The van der Waals surface area contributed by atoms with Crippen LogP contribution in [0.15, 0.2) is 30.6 Å². The standard InChI is InChI=1S/C11H10ClN3O/c1-16-11-10(14-4-5-15-11)7-2-3-8(12)9(13)6-7/h2-6H,13H2,1H3. The molecule has 0 fully saturated rings. The molecule has 0 aliphatic rings. The molecule has 0 spiro atoms. The molecule has 5 heteroatoms. The van der Waals surface area contributed by atoms with E-state index >= 15 is 0 Å². The van der Waals surface area contributed by atoms with Crippen LogP contribution in [-0.2, 0) is 0 Å². The minimum atomic E-state index is 0.462. The zero-order valence-corrected chi connectivity index (χ0v) is 9.40. The highest BCUT2D eigenvalue weighted by atomic mass is 35.5. The first kappa shape index (κ1) is 10.7. The van der Waals surface area contributed by atoms with Gasteiger partial charge in [0, 0.05) is 18.0 Å². The Labute approximate surface area is 98.0 Å². The van der Waals surface area contributed by atoms with E-state index in [1.54, 1.807) is 31.6 Å². The molecular formula is C11H10ClN3O. The molecule has 0 saturated carbocycles. The summed E-state index contributed by atoms with van der Waals surface area (Å²) in [6, 6.07) is 5.29. The fraction of sp³-hybridized carbons (Fsp3) is 0.0909. The van der Waals surface area contributed by atoms with Gasteiger partial charge in [0.1, 0.15) is 5.69 Å². The lowest BCUT2D eigenvalue weighted by molar-refractivity contribution is 0.398. The van der Waals surface area contributed by atoms with E-state index in [0.717, 1.165) is 5.56 Å². The summed E-state index contributed by atoms with van der Waals surface area (Å²) in [6.45, 7) is 0. The zero-order valence-electron chi connectivity index (χ0n) is 8.64. The van der Waals surface area contributed by atoms with E-state index in [4.69, 9.17) is 22.1 Å². The van der Waals surface area contributed by atoms with Gasteiger partial charge in [0.2, 0.25) is 5.88 Å². The summed E-state index contributed by atoms with van der Waals surface area (Å²) in [5.41, 5.74) is 7.71. The first-order chi connectivity index (χ1) is 7.72. The van der Waals surface area contributed by atoms with Gasteiger partial charge < -0.3 is 10.5 Å². The summed E-state index contributed by atoms with van der Waals surface area (Å²) in [5.74, 6) is 0.462. The Morgan fingerprint density at radius 3 is 2.69 bits per heavy atom. The highest BCUT2D eigenvalue weighted by Gasteiger charge is 2.09. The maximum Gasteiger partial charge on any atom is 0.240 e. The Bertz CT molecular complexity index is 516. The minimum Gasteiger partial charge on any atom is -0.479 e. The molecule has 0 radical (unpaired) electrons. The summed E-state index contributed by atoms with van der Waals surface area (Å²) in [6.07, 6.45) is 3.17. The second kappa shape index (κ2) is 4.37. The average molecular weight is 236 g/mol. The van der Waals surface area contributed by atoms with Gasteiger partial charge in [0.25, 0.3) is 0 Å². The highest BCUT2D eigenvalue weighted by Crippen LogP contribution is 2.29. The predicted molar refractivity (Wildman–Crippen MR) is 63.4 cm³/mol. The topological polar surface area (TPSA) is 61.0 Å². The van der Waals surface area contributed by atoms with Crippen LogP contribution in [0.2, 0.25) is 5.02 Å². The Kier molecular flexibility index (Phi) is 2.92. The number of rotatable bonds is 2. The smallest absolute Gasteiger partial charge is 0.240 e. The third-order valence-corrected chi connectivity index (χ3v) is 2.47. The van der Waals surface area contributed by atoms with Crippen molar-refractivity contribution < 1.29 is 4.74 Å². The largest absolute Gasteiger partial charge is 0.479 e. The molecule has 2 N–H and O–H groups in total. The van der Waals surface area contributed by atoms with E-state index in [0.29, 0.717) is 22.3 Å². The molecule has 0 bridgehead atoms. The van der Waals surface area contributed by atoms with Gasteiger partial charge in [-0.25, -0.2) is 9.97 Å². The van der Waals surface area contributed by atoms with Crippen molar-refractivity contribution in [3.05, 3.63) is 35.6 Å². The third kappa shape index (κ3) is 1.92. The van der Waals surface area contributed by atoms with E-state index in [1.807, 2.05) is 6.07 Å². The van der Waals surface area contributed by atoms with Crippen LogP contribution in [0.3, 0.4) is 0 Å². The van der Waals surface area contributed by atoms with Crippen molar-refractivity contribution in [2.45, 2.75) is 0 Å². The summed E-state index contributed by atoms with van der Waals surface area (Å²) >= 11 is 5.85. The molecule has 0 unspecified atom stereocenters. The molecule has 2 aromatic rings. The molecule has 0 aliphatic carbocycles. The summed E-state index contributed by atoms with van der Waals surface area (Å²) < 4.78 is 5.12. The Hall–Kier alpha value is -1.81. The van der Waals surface area contributed by atoms with Gasteiger partial charge in [0.15, 0.2) is 0 Å². The molecule has 2 rings (SSSR count). The van der Waals surface area contributed by atoms with Crippen molar-refractivity contribution in [1.82, 2.24) is 9.97 Å². The first-order valence-corrected chi connectivity index (χ1v) is 5.00. The van der Waals surface area contributed by atoms with Crippen molar-refractivity contribution in [3.63, 3.8) is 0 Å². The minimum absolute atomic E-state index is 0.462. The number of nitrogens with zero attached hydrogens (tertiary/aromatic N) is 2. The van der Waals surface area contributed by atoms with Crippen molar-refractivity contribution in [1.29, 1.82) is 0 Å². The van der Waals surface area contributed by atoms with Crippen LogP contribution in [0.5, 0.6) is 5.88 Å². The molecular weight excluding hydrogens is 226 g/mol. The van der Waals surface area contributed by atoms with Crippen LogP contribution in [0.4, 0.5) is 5.69 Å². The van der Waals surface area contributed by atoms with Crippen LogP contribution < -0.4 is 10.5 Å². The second-order valence-corrected chi connectivity index (χ2v) is 3.56. The first-order valence-electron chi connectivity index (χ1n) is 4.63. The molecule has 82 valence electrons.